The fraction of sp³-hybridized carbons (Fsp3) is 0.294. The van der Waals surface area contributed by atoms with E-state index in [1.807, 2.05) is 0 Å². The van der Waals surface area contributed by atoms with Gasteiger partial charge in [0.05, 0.1) is 0 Å². The lowest BCUT2D eigenvalue weighted by Crippen LogP contribution is -2.43. The molecule has 0 bridgehead atoms. The van der Waals surface area contributed by atoms with Crippen molar-refractivity contribution < 1.29 is 0 Å². The van der Waals surface area contributed by atoms with E-state index in [0.717, 1.165) is 26.2 Å². The monoisotopic (exact) mass is 252 g/mol. The molecule has 1 aliphatic rings. The number of nitrogens with zero attached hydrogens (tertiary/aromatic N) is 1. The highest BCUT2D eigenvalue weighted by molar-refractivity contribution is 5.80. The van der Waals surface area contributed by atoms with Gasteiger partial charge in [0, 0.05) is 37.4 Å². The summed E-state index contributed by atoms with van der Waals surface area (Å²) in [5, 5.41) is 3.41. The Morgan fingerprint density at radius 3 is 2.21 bits per heavy atom. The normalized spacial score (nSPS) is 15.5. The molecule has 1 N–H and O–H groups in total. The van der Waals surface area contributed by atoms with E-state index < -0.39 is 0 Å². The Labute approximate surface area is 115 Å². The highest BCUT2D eigenvalue weighted by Gasteiger charge is 2.15. The summed E-state index contributed by atoms with van der Waals surface area (Å²) < 4.78 is 0. The van der Waals surface area contributed by atoms with Gasteiger partial charge >= 0.3 is 0 Å². The van der Waals surface area contributed by atoms with Crippen LogP contribution in [-0.2, 0) is 0 Å². The van der Waals surface area contributed by atoms with Gasteiger partial charge in [0.2, 0.25) is 0 Å². The van der Waals surface area contributed by atoms with Gasteiger partial charge in [-0.2, -0.15) is 0 Å². The van der Waals surface area contributed by atoms with E-state index in [1.54, 1.807) is 0 Å². The van der Waals surface area contributed by atoms with Crippen LogP contribution in [0.4, 0.5) is 5.69 Å². The lowest BCUT2D eigenvalue weighted by atomic mass is 9.98. The first-order chi connectivity index (χ1) is 9.36. The van der Waals surface area contributed by atoms with Gasteiger partial charge in [0.15, 0.2) is 0 Å². The van der Waals surface area contributed by atoms with Crippen molar-refractivity contribution in [1.82, 2.24) is 5.32 Å². The fourth-order valence-corrected chi connectivity index (χ4v) is 2.76. The van der Waals surface area contributed by atoms with E-state index >= 15 is 0 Å². The van der Waals surface area contributed by atoms with Gasteiger partial charge in [-0.25, -0.2) is 0 Å². The third kappa shape index (κ3) is 2.49. The van der Waals surface area contributed by atoms with Gasteiger partial charge in [-0.15, -0.1) is 0 Å². The number of nitrogens with one attached hydrogen (secondary N) is 1. The Hall–Kier alpha value is -1.80. The first-order valence-corrected chi connectivity index (χ1v) is 6.97. The van der Waals surface area contributed by atoms with Crippen LogP contribution in [0.3, 0.4) is 0 Å². The molecule has 2 aromatic carbocycles. The average molecular weight is 252 g/mol. The maximum atomic E-state index is 3.41. The van der Waals surface area contributed by atoms with Crippen molar-refractivity contribution in [3.8, 4) is 11.1 Å². The molecular weight excluding hydrogens is 232 g/mol. The molecule has 0 aromatic heterocycles. The molecule has 0 saturated carbocycles. The van der Waals surface area contributed by atoms with E-state index in [-0.39, 0.29) is 0 Å². The Kier molecular flexibility index (Phi) is 3.51. The highest BCUT2D eigenvalue weighted by Crippen LogP contribution is 2.32. The molecule has 2 heteroatoms. The van der Waals surface area contributed by atoms with Crippen molar-refractivity contribution in [1.29, 1.82) is 0 Å². The molecule has 0 radical (unpaired) electrons. The van der Waals surface area contributed by atoms with Gasteiger partial charge in [-0.05, 0) is 24.1 Å². The molecule has 0 aliphatic carbocycles. The van der Waals surface area contributed by atoms with Crippen molar-refractivity contribution in [2.75, 3.05) is 31.1 Å². The summed E-state index contributed by atoms with van der Waals surface area (Å²) >= 11 is 0. The zero-order valence-electron chi connectivity index (χ0n) is 11.4. The van der Waals surface area contributed by atoms with Crippen LogP contribution in [0.1, 0.15) is 5.56 Å². The molecule has 1 saturated heterocycles. The lowest BCUT2D eigenvalue weighted by molar-refractivity contribution is 0.589. The molecule has 98 valence electrons. The number of rotatable bonds is 2. The minimum atomic E-state index is 1.07. The number of hydrogen-bond donors (Lipinski definition) is 1. The SMILES string of the molecule is Cc1ccccc1-c1ccccc1N1CCNCC1. The zero-order chi connectivity index (χ0) is 13.1. The molecule has 1 fully saturated rings. The first-order valence-electron chi connectivity index (χ1n) is 6.97. The van der Waals surface area contributed by atoms with Gasteiger partial charge in [0.25, 0.3) is 0 Å². The quantitative estimate of drug-likeness (QED) is 0.883. The predicted molar refractivity (Wildman–Crippen MR) is 81.7 cm³/mol. The largest absolute Gasteiger partial charge is 0.368 e. The minimum Gasteiger partial charge on any atom is -0.368 e. The van der Waals surface area contributed by atoms with Crippen molar-refractivity contribution in [2.24, 2.45) is 0 Å². The summed E-state index contributed by atoms with van der Waals surface area (Å²) in [6, 6.07) is 17.4. The molecule has 2 nitrogen and oxygen atoms in total. The summed E-state index contributed by atoms with van der Waals surface area (Å²) in [6.45, 7) is 6.50. The van der Waals surface area contributed by atoms with Crippen molar-refractivity contribution in [2.45, 2.75) is 6.92 Å². The van der Waals surface area contributed by atoms with Crippen LogP contribution < -0.4 is 10.2 Å². The standard InChI is InChI=1S/C17H20N2/c1-14-6-2-3-7-15(14)16-8-4-5-9-17(16)19-12-10-18-11-13-19/h2-9,18H,10-13H2,1H3. The molecule has 1 aliphatic heterocycles. The van der Waals surface area contributed by atoms with Gasteiger partial charge in [-0.1, -0.05) is 42.5 Å². The number of piperazine rings is 1. The van der Waals surface area contributed by atoms with Crippen molar-refractivity contribution >= 4 is 5.69 Å². The zero-order valence-corrected chi connectivity index (χ0v) is 11.4. The Morgan fingerprint density at radius 2 is 1.47 bits per heavy atom. The van der Waals surface area contributed by atoms with Crippen LogP contribution in [-0.4, -0.2) is 26.2 Å². The van der Waals surface area contributed by atoms with Crippen LogP contribution in [0, 0.1) is 6.92 Å². The van der Waals surface area contributed by atoms with Crippen molar-refractivity contribution in [3.63, 3.8) is 0 Å². The van der Waals surface area contributed by atoms with Crippen LogP contribution in [0.5, 0.6) is 0 Å². The molecule has 0 unspecified atom stereocenters. The maximum Gasteiger partial charge on any atom is 0.0446 e. The summed E-state index contributed by atoms with van der Waals surface area (Å²) in [5.41, 5.74) is 5.39. The third-order valence-corrected chi connectivity index (χ3v) is 3.80. The minimum absolute atomic E-state index is 1.07. The second kappa shape index (κ2) is 5.45. The topological polar surface area (TPSA) is 15.3 Å². The Balaban J connectivity index is 2.04. The average Bonchev–Trinajstić information content (AvgIpc) is 2.49. The Bertz CT molecular complexity index is 557. The summed E-state index contributed by atoms with van der Waals surface area (Å²) in [4.78, 5) is 2.48. The predicted octanol–water partition coefficient (Wildman–Crippen LogP) is 3.07. The van der Waals surface area contributed by atoms with Gasteiger partial charge < -0.3 is 10.2 Å². The molecule has 19 heavy (non-hydrogen) atoms. The molecule has 3 rings (SSSR count). The summed E-state index contributed by atoms with van der Waals surface area (Å²) in [7, 11) is 0. The van der Waals surface area contributed by atoms with Gasteiger partial charge in [0.1, 0.15) is 0 Å². The van der Waals surface area contributed by atoms with Crippen LogP contribution in [0.15, 0.2) is 48.5 Å². The molecule has 0 amide bonds. The number of hydrogen-bond acceptors (Lipinski definition) is 2. The van der Waals surface area contributed by atoms with E-state index in [1.165, 1.54) is 22.4 Å². The number of aryl methyl sites for hydroxylation is 1. The fourth-order valence-electron chi connectivity index (χ4n) is 2.76. The molecule has 0 spiro atoms. The summed E-state index contributed by atoms with van der Waals surface area (Å²) in [5.74, 6) is 0. The number of benzene rings is 2. The highest BCUT2D eigenvalue weighted by atomic mass is 15.2. The van der Waals surface area contributed by atoms with Crippen molar-refractivity contribution in [3.05, 3.63) is 54.1 Å². The van der Waals surface area contributed by atoms with E-state index in [4.69, 9.17) is 0 Å². The smallest absolute Gasteiger partial charge is 0.0446 e. The van der Waals surface area contributed by atoms with Crippen LogP contribution in [0.25, 0.3) is 11.1 Å². The maximum absolute atomic E-state index is 3.41. The Morgan fingerprint density at radius 1 is 0.842 bits per heavy atom. The molecular formula is C17H20N2. The van der Waals surface area contributed by atoms with Crippen LogP contribution in [0.2, 0.25) is 0 Å². The second-order valence-corrected chi connectivity index (χ2v) is 5.07. The third-order valence-electron chi connectivity index (χ3n) is 3.80. The molecule has 2 aromatic rings. The summed E-state index contributed by atoms with van der Waals surface area (Å²) in [6.07, 6.45) is 0. The number of para-hydroxylation sites is 1. The first kappa shape index (κ1) is 12.2. The van der Waals surface area contributed by atoms with E-state index in [9.17, 15) is 0 Å². The number of anilines is 1. The molecule has 1 heterocycles. The molecule has 0 atom stereocenters. The van der Waals surface area contributed by atoms with Gasteiger partial charge in [-0.3, -0.25) is 0 Å². The van der Waals surface area contributed by atoms with Crippen LogP contribution >= 0.6 is 0 Å². The van der Waals surface area contributed by atoms with E-state index in [2.05, 4.69) is 65.7 Å². The lowest BCUT2D eigenvalue weighted by Gasteiger charge is -2.31. The van der Waals surface area contributed by atoms with E-state index in [0.29, 0.717) is 0 Å². The second-order valence-electron chi connectivity index (χ2n) is 5.07.